The molecule has 0 saturated carbocycles. The van der Waals surface area contributed by atoms with E-state index in [-0.39, 0.29) is 0 Å². The number of aromatic nitrogens is 1. The molecule has 3 rings (SSSR count). The lowest BCUT2D eigenvalue weighted by Crippen LogP contribution is -2.25. The van der Waals surface area contributed by atoms with Crippen molar-refractivity contribution < 1.29 is 14.3 Å². The molecule has 1 aromatic rings. The van der Waals surface area contributed by atoms with Crippen molar-refractivity contribution in [2.24, 2.45) is 4.99 Å². The number of amides is 1. The van der Waals surface area contributed by atoms with E-state index < -0.39 is 6.09 Å². The molecule has 2 aliphatic heterocycles. The van der Waals surface area contributed by atoms with Gasteiger partial charge in [-0.25, -0.2) is 9.78 Å². The Hall–Kier alpha value is -1.31. The maximum absolute atomic E-state index is 11.9. The lowest BCUT2D eigenvalue weighted by atomic mass is 10.1. The van der Waals surface area contributed by atoms with Crippen LogP contribution in [0.1, 0.15) is 31.2 Å². The predicted octanol–water partition coefficient (Wildman–Crippen LogP) is 3.74. The molecule has 1 aromatic heterocycles. The summed E-state index contributed by atoms with van der Waals surface area (Å²) >= 11 is 7.38. The van der Waals surface area contributed by atoms with E-state index in [0.29, 0.717) is 29.6 Å². The Kier molecular flexibility index (Phi) is 6.95. The average molecular weight is 384 g/mol. The molecule has 8 heteroatoms. The predicted molar refractivity (Wildman–Crippen MR) is 99.1 cm³/mol. The number of thioether (sulfide) groups is 1. The third-order valence-corrected chi connectivity index (χ3v) is 5.35. The van der Waals surface area contributed by atoms with Crippen LogP contribution in [0, 0.1) is 0 Å². The lowest BCUT2D eigenvalue weighted by Gasteiger charge is -2.17. The number of aliphatic imine (C=N–C) groups is 1. The molecule has 3 heterocycles. The highest BCUT2D eigenvalue weighted by Crippen LogP contribution is 2.21. The quantitative estimate of drug-likeness (QED) is 0.550. The van der Waals surface area contributed by atoms with Crippen molar-refractivity contribution in [2.75, 3.05) is 25.5 Å². The van der Waals surface area contributed by atoms with Gasteiger partial charge in [0, 0.05) is 31.6 Å². The molecular weight excluding hydrogens is 362 g/mol. The highest BCUT2D eigenvalue weighted by Gasteiger charge is 2.21. The van der Waals surface area contributed by atoms with Crippen molar-refractivity contribution in [3.8, 4) is 0 Å². The third kappa shape index (κ3) is 5.87. The molecule has 25 heavy (non-hydrogen) atoms. The molecule has 1 amide bonds. The highest BCUT2D eigenvalue weighted by atomic mass is 35.5. The normalized spacial score (nSPS) is 21.9. The molecular formula is C17H22ClN3O3S. The summed E-state index contributed by atoms with van der Waals surface area (Å²) in [5.41, 5.74) is 1.03. The molecule has 0 aromatic carbocycles. The van der Waals surface area contributed by atoms with E-state index in [0.717, 1.165) is 50.2 Å². The average Bonchev–Trinajstić information content (AvgIpc) is 3.26. The zero-order valence-electron chi connectivity index (χ0n) is 14.0. The second kappa shape index (κ2) is 9.40. The Bertz CT molecular complexity index is 606. The smallest absolute Gasteiger partial charge is 0.436 e. The summed E-state index contributed by atoms with van der Waals surface area (Å²) in [4.78, 5) is 22.2. The number of hydrogen-bond acceptors (Lipinski definition) is 5. The number of carbonyl (C=O) groups excluding carboxylic acids is 1. The summed E-state index contributed by atoms with van der Waals surface area (Å²) < 4.78 is 10.8. The summed E-state index contributed by atoms with van der Waals surface area (Å²) in [7, 11) is 0. The van der Waals surface area contributed by atoms with Gasteiger partial charge in [0.25, 0.3) is 0 Å². The molecule has 0 aliphatic carbocycles. The number of carbonyl (C=O) groups is 1. The van der Waals surface area contributed by atoms with Crippen LogP contribution in [0.2, 0.25) is 5.15 Å². The molecule has 2 fully saturated rings. The number of amidine groups is 1. The minimum Gasteiger partial charge on any atom is -0.448 e. The van der Waals surface area contributed by atoms with E-state index >= 15 is 0 Å². The Morgan fingerprint density at radius 1 is 1.52 bits per heavy atom. The van der Waals surface area contributed by atoms with Gasteiger partial charge in [0.15, 0.2) is 5.17 Å². The monoisotopic (exact) mass is 383 g/mol. The molecule has 2 aliphatic rings. The molecule has 1 unspecified atom stereocenters. The van der Waals surface area contributed by atoms with Crippen LogP contribution < -0.4 is 0 Å². The number of ether oxygens (including phenoxy) is 2. The van der Waals surface area contributed by atoms with Gasteiger partial charge in [-0.2, -0.15) is 4.99 Å². The maximum atomic E-state index is 11.9. The maximum Gasteiger partial charge on any atom is 0.436 e. The van der Waals surface area contributed by atoms with Crippen LogP contribution in [-0.2, 0) is 16.0 Å². The van der Waals surface area contributed by atoms with Gasteiger partial charge < -0.3 is 14.4 Å². The summed E-state index contributed by atoms with van der Waals surface area (Å²) in [6.45, 7) is 2.75. The van der Waals surface area contributed by atoms with Gasteiger partial charge in [0.2, 0.25) is 0 Å². The molecule has 2 saturated heterocycles. The largest absolute Gasteiger partial charge is 0.448 e. The topological polar surface area (TPSA) is 64.0 Å². The molecule has 1 atom stereocenters. The molecule has 0 radical (unpaired) electrons. The molecule has 6 nitrogen and oxygen atoms in total. The lowest BCUT2D eigenvalue weighted by molar-refractivity contribution is 0.0929. The van der Waals surface area contributed by atoms with Gasteiger partial charge in [0.1, 0.15) is 5.15 Å². The van der Waals surface area contributed by atoms with Crippen LogP contribution in [-0.4, -0.2) is 52.8 Å². The van der Waals surface area contributed by atoms with Gasteiger partial charge in [-0.15, -0.1) is 0 Å². The molecule has 0 bridgehead atoms. The minimum absolute atomic E-state index is 0.332. The Balaban J connectivity index is 1.43. The van der Waals surface area contributed by atoms with Gasteiger partial charge in [-0.3, -0.25) is 0 Å². The SMILES string of the molecule is O=C(/N=C1\SCCN1Cc1ccc(Cl)nc1)OCCCC1CCCO1. The number of hydrogen-bond donors (Lipinski definition) is 0. The fraction of sp³-hybridized carbons (Fsp3) is 0.588. The zero-order valence-corrected chi connectivity index (χ0v) is 15.6. The van der Waals surface area contributed by atoms with E-state index in [4.69, 9.17) is 21.1 Å². The van der Waals surface area contributed by atoms with Crippen molar-refractivity contribution in [3.05, 3.63) is 29.0 Å². The first-order valence-electron chi connectivity index (χ1n) is 8.56. The van der Waals surface area contributed by atoms with E-state index in [2.05, 4.69) is 14.9 Å². The number of pyridine rings is 1. The standard InChI is InChI=1S/C17H22ClN3O3S/c18-15-6-5-13(11-19-15)12-21-7-10-25-16(21)20-17(22)24-9-2-4-14-3-1-8-23-14/h5-6,11,14H,1-4,7-10,12H2/b20-16-. The number of nitrogens with zero attached hydrogens (tertiary/aromatic N) is 3. The second-order valence-electron chi connectivity index (χ2n) is 6.05. The first-order valence-corrected chi connectivity index (χ1v) is 9.92. The van der Waals surface area contributed by atoms with E-state index in [9.17, 15) is 4.79 Å². The van der Waals surface area contributed by atoms with Crippen molar-refractivity contribution in [2.45, 2.75) is 38.3 Å². The van der Waals surface area contributed by atoms with Crippen LogP contribution in [0.4, 0.5) is 4.79 Å². The van der Waals surface area contributed by atoms with Gasteiger partial charge in [-0.1, -0.05) is 29.4 Å². The Morgan fingerprint density at radius 2 is 2.44 bits per heavy atom. The number of rotatable bonds is 6. The molecule has 136 valence electrons. The van der Waals surface area contributed by atoms with Crippen LogP contribution in [0.25, 0.3) is 0 Å². The van der Waals surface area contributed by atoms with Crippen LogP contribution in [0.5, 0.6) is 0 Å². The van der Waals surface area contributed by atoms with E-state index in [1.165, 1.54) is 0 Å². The molecule has 0 spiro atoms. The van der Waals surface area contributed by atoms with E-state index in [1.807, 2.05) is 6.07 Å². The van der Waals surface area contributed by atoms with Crippen molar-refractivity contribution in [1.29, 1.82) is 0 Å². The summed E-state index contributed by atoms with van der Waals surface area (Å²) in [5.74, 6) is 0.909. The van der Waals surface area contributed by atoms with Gasteiger partial charge >= 0.3 is 6.09 Å². The van der Waals surface area contributed by atoms with Crippen molar-refractivity contribution in [3.63, 3.8) is 0 Å². The fourth-order valence-corrected chi connectivity index (χ4v) is 3.94. The van der Waals surface area contributed by atoms with Crippen LogP contribution in [0.15, 0.2) is 23.3 Å². The third-order valence-electron chi connectivity index (χ3n) is 4.13. The minimum atomic E-state index is -0.518. The van der Waals surface area contributed by atoms with Gasteiger partial charge in [0.05, 0.1) is 12.7 Å². The zero-order chi connectivity index (χ0) is 17.5. The highest BCUT2D eigenvalue weighted by molar-refractivity contribution is 8.14. The van der Waals surface area contributed by atoms with Crippen molar-refractivity contribution >= 4 is 34.6 Å². The Morgan fingerprint density at radius 3 is 3.20 bits per heavy atom. The molecule has 0 N–H and O–H groups in total. The van der Waals surface area contributed by atoms with E-state index in [1.54, 1.807) is 24.0 Å². The summed E-state index contributed by atoms with van der Waals surface area (Å²) in [6.07, 6.45) is 5.56. The summed E-state index contributed by atoms with van der Waals surface area (Å²) in [5, 5.41) is 1.18. The van der Waals surface area contributed by atoms with Crippen LogP contribution in [0.3, 0.4) is 0 Å². The first kappa shape index (κ1) is 18.5. The fourth-order valence-electron chi connectivity index (χ4n) is 2.86. The second-order valence-corrected chi connectivity index (χ2v) is 7.49. The Labute approximate surface area is 156 Å². The van der Waals surface area contributed by atoms with Gasteiger partial charge in [-0.05, 0) is 37.3 Å². The van der Waals surface area contributed by atoms with Crippen LogP contribution >= 0.6 is 23.4 Å². The summed E-state index contributed by atoms with van der Waals surface area (Å²) in [6, 6.07) is 3.69. The van der Waals surface area contributed by atoms with Crippen molar-refractivity contribution in [1.82, 2.24) is 9.88 Å². The number of halogens is 1. The first-order chi connectivity index (χ1) is 12.2.